The Morgan fingerprint density at radius 2 is 2.12 bits per heavy atom. The van der Waals surface area contributed by atoms with E-state index in [4.69, 9.17) is 0 Å². The molecule has 0 radical (unpaired) electrons. The maximum atomic E-state index is 11.7. The molecule has 1 aromatic carbocycles. The summed E-state index contributed by atoms with van der Waals surface area (Å²) in [6, 6.07) is 7.19. The van der Waals surface area contributed by atoms with Crippen LogP contribution in [0.1, 0.15) is 10.4 Å². The number of esters is 1. The van der Waals surface area contributed by atoms with Gasteiger partial charge in [0.1, 0.15) is 0 Å². The number of hydrogen-bond donors (Lipinski definition) is 0. The summed E-state index contributed by atoms with van der Waals surface area (Å²) in [5.41, 5.74) is 0.645. The third-order valence-electron chi connectivity index (χ3n) is 1.83. The lowest BCUT2D eigenvalue weighted by Crippen LogP contribution is -2.08. The maximum absolute atomic E-state index is 11.7. The van der Waals surface area contributed by atoms with E-state index >= 15 is 0 Å². The molecule has 0 saturated carbocycles. The summed E-state index contributed by atoms with van der Waals surface area (Å²) in [6.45, 7) is 0. The van der Waals surface area contributed by atoms with Gasteiger partial charge in [-0.05, 0) is 12.1 Å². The number of benzene rings is 1. The average Bonchev–Trinajstić information content (AvgIpc) is 2.28. The molecular weight excluding hydrogens is 292 g/mol. The first kappa shape index (κ1) is 13.3. The summed E-state index contributed by atoms with van der Waals surface area (Å²) in [6.07, 6.45) is 0. The van der Waals surface area contributed by atoms with Gasteiger partial charge in [-0.1, -0.05) is 28.1 Å². The highest BCUT2D eigenvalue weighted by Crippen LogP contribution is 2.14. The predicted octanol–water partition coefficient (Wildman–Crippen LogP) is 2.54. The molecule has 0 aliphatic heterocycles. The summed E-state index contributed by atoms with van der Waals surface area (Å²) in [4.78, 5) is 22.5. The van der Waals surface area contributed by atoms with Gasteiger partial charge in [0.25, 0.3) is 0 Å². The number of Topliss-reactive ketones (excluding diaryl/α,β-unsaturated/α-hetero) is 1. The Hall–Kier alpha value is -0.810. The van der Waals surface area contributed by atoms with Crippen molar-refractivity contribution in [3.63, 3.8) is 0 Å². The predicted molar refractivity (Wildman–Crippen MR) is 67.8 cm³/mol. The molecule has 0 atom stereocenters. The highest BCUT2D eigenvalue weighted by atomic mass is 79.9. The molecule has 5 heteroatoms. The van der Waals surface area contributed by atoms with E-state index in [9.17, 15) is 9.59 Å². The minimum atomic E-state index is -0.313. The van der Waals surface area contributed by atoms with Crippen molar-refractivity contribution in [1.29, 1.82) is 0 Å². The van der Waals surface area contributed by atoms with Crippen molar-refractivity contribution >= 4 is 39.4 Å². The number of ketones is 1. The number of hydrogen-bond acceptors (Lipinski definition) is 4. The van der Waals surface area contributed by atoms with Crippen LogP contribution in [0.5, 0.6) is 0 Å². The molecule has 0 bridgehead atoms. The molecule has 86 valence electrons. The highest BCUT2D eigenvalue weighted by Gasteiger charge is 2.08. The summed E-state index contributed by atoms with van der Waals surface area (Å²) in [5.74, 6) is 0.184. The topological polar surface area (TPSA) is 43.4 Å². The Bertz CT molecular complexity index is 393. The number of ether oxygens (including phenoxy) is 1. The summed E-state index contributed by atoms with van der Waals surface area (Å²) >= 11 is 4.56. The molecule has 1 aromatic rings. The van der Waals surface area contributed by atoms with E-state index in [2.05, 4.69) is 20.7 Å². The summed E-state index contributed by atoms with van der Waals surface area (Å²) < 4.78 is 5.35. The van der Waals surface area contributed by atoms with Gasteiger partial charge in [0.2, 0.25) is 0 Å². The molecule has 0 heterocycles. The van der Waals surface area contributed by atoms with Crippen molar-refractivity contribution in [1.82, 2.24) is 0 Å². The Morgan fingerprint density at radius 3 is 2.75 bits per heavy atom. The first-order chi connectivity index (χ1) is 7.63. The van der Waals surface area contributed by atoms with E-state index in [-0.39, 0.29) is 23.3 Å². The van der Waals surface area contributed by atoms with Crippen LogP contribution in [0.25, 0.3) is 0 Å². The van der Waals surface area contributed by atoms with E-state index in [1.165, 1.54) is 18.9 Å². The standard InChI is InChI=1S/C11H11BrO3S/c1-15-11(14)7-16-6-10(13)8-3-2-4-9(12)5-8/h2-5H,6-7H2,1H3. The average molecular weight is 303 g/mol. The van der Waals surface area contributed by atoms with Crippen LogP contribution in [0.3, 0.4) is 0 Å². The fourth-order valence-corrected chi connectivity index (χ4v) is 2.17. The van der Waals surface area contributed by atoms with Gasteiger partial charge in [-0.25, -0.2) is 0 Å². The fourth-order valence-electron chi connectivity index (χ4n) is 1.03. The van der Waals surface area contributed by atoms with Gasteiger partial charge in [-0.15, -0.1) is 11.8 Å². The number of rotatable bonds is 5. The molecule has 0 unspecified atom stereocenters. The van der Waals surface area contributed by atoms with E-state index in [0.717, 1.165) is 4.47 Å². The van der Waals surface area contributed by atoms with Crippen LogP contribution in [0, 0.1) is 0 Å². The summed E-state index contributed by atoms with van der Waals surface area (Å²) in [5, 5.41) is 0. The zero-order valence-electron chi connectivity index (χ0n) is 8.73. The van der Waals surface area contributed by atoms with Gasteiger partial charge in [0.15, 0.2) is 5.78 Å². The maximum Gasteiger partial charge on any atom is 0.315 e. The molecule has 1 rings (SSSR count). The van der Waals surface area contributed by atoms with E-state index in [0.29, 0.717) is 5.56 Å². The zero-order chi connectivity index (χ0) is 12.0. The van der Waals surface area contributed by atoms with Gasteiger partial charge >= 0.3 is 5.97 Å². The van der Waals surface area contributed by atoms with Crippen molar-refractivity contribution in [3.8, 4) is 0 Å². The van der Waals surface area contributed by atoms with E-state index in [1.807, 2.05) is 12.1 Å². The fraction of sp³-hybridized carbons (Fsp3) is 0.273. The van der Waals surface area contributed by atoms with Crippen LogP contribution in [-0.2, 0) is 9.53 Å². The van der Waals surface area contributed by atoms with Crippen LogP contribution in [0.4, 0.5) is 0 Å². The third-order valence-corrected chi connectivity index (χ3v) is 3.23. The minimum absolute atomic E-state index is 0.00945. The second-order valence-corrected chi connectivity index (χ2v) is 4.90. The lowest BCUT2D eigenvalue weighted by molar-refractivity contribution is -0.137. The Morgan fingerprint density at radius 1 is 1.38 bits per heavy atom. The molecule has 0 spiro atoms. The summed E-state index contributed by atoms with van der Waals surface area (Å²) in [7, 11) is 1.33. The van der Waals surface area contributed by atoms with Gasteiger partial charge in [0, 0.05) is 10.0 Å². The molecule has 0 saturated heterocycles. The van der Waals surface area contributed by atoms with Crippen molar-refractivity contribution < 1.29 is 14.3 Å². The molecule has 0 amide bonds. The highest BCUT2D eigenvalue weighted by molar-refractivity contribution is 9.10. The first-order valence-electron chi connectivity index (χ1n) is 4.57. The quantitative estimate of drug-likeness (QED) is 0.619. The normalized spacial score (nSPS) is 9.88. The Labute approximate surface area is 107 Å². The lowest BCUT2D eigenvalue weighted by Gasteiger charge is -2.01. The third kappa shape index (κ3) is 4.37. The van der Waals surface area contributed by atoms with Crippen molar-refractivity contribution in [3.05, 3.63) is 34.3 Å². The van der Waals surface area contributed by atoms with Crippen LogP contribution in [-0.4, -0.2) is 30.4 Å². The van der Waals surface area contributed by atoms with Gasteiger partial charge in [0.05, 0.1) is 18.6 Å². The van der Waals surface area contributed by atoms with Gasteiger partial charge < -0.3 is 4.74 Å². The minimum Gasteiger partial charge on any atom is -0.468 e. The second kappa shape index (κ2) is 6.70. The molecular formula is C11H11BrO3S. The number of carbonyl (C=O) groups is 2. The van der Waals surface area contributed by atoms with Crippen LogP contribution < -0.4 is 0 Å². The molecule has 0 N–H and O–H groups in total. The number of halogens is 1. The van der Waals surface area contributed by atoms with Crippen LogP contribution in [0.2, 0.25) is 0 Å². The molecule has 0 aromatic heterocycles. The monoisotopic (exact) mass is 302 g/mol. The zero-order valence-corrected chi connectivity index (χ0v) is 11.1. The number of carbonyl (C=O) groups excluding carboxylic acids is 2. The lowest BCUT2D eigenvalue weighted by atomic mass is 10.2. The van der Waals surface area contributed by atoms with Crippen molar-refractivity contribution in [2.24, 2.45) is 0 Å². The molecule has 16 heavy (non-hydrogen) atoms. The van der Waals surface area contributed by atoms with Gasteiger partial charge in [-0.2, -0.15) is 0 Å². The van der Waals surface area contributed by atoms with Crippen molar-refractivity contribution in [2.45, 2.75) is 0 Å². The van der Waals surface area contributed by atoms with E-state index in [1.54, 1.807) is 12.1 Å². The van der Waals surface area contributed by atoms with E-state index < -0.39 is 0 Å². The molecule has 3 nitrogen and oxygen atoms in total. The smallest absolute Gasteiger partial charge is 0.315 e. The van der Waals surface area contributed by atoms with Gasteiger partial charge in [-0.3, -0.25) is 9.59 Å². The largest absolute Gasteiger partial charge is 0.468 e. The Balaban J connectivity index is 2.44. The van der Waals surface area contributed by atoms with Crippen LogP contribution in [0.15, 0.2) is 28.7 Å². The SMILES string of the molecule is COC(=O)CSCC(=O)c1cccc(Br)c1. The first-order valence-corrected chi connectivity index (χ1v) is 6.51. The van der Waals surface area contributed by atoms with Crippen molar-refractivity contribution in [2.75, 3.05) is 18.6 Å². The van der Waals surface area contributed by atoms with Crippen LogP contribution >= 0.6 is 27.7 Å². The Kier molecular flexibility index (Phi) is 5.55. The second-order valence-electron chi connectivity index (χ2n) is 3.00. The molecule has 0 fully saturated rings. The number of methoxy groups -OCH3 is 1. The number of thioether (sulfide) groups is 1. The molecule has 0 aliphatic rings. The molecule has 0 aliphatic carbocycles.